The number of alkyl halides is 6. The Bertz CT molecular complexity index is 594. The van der Waals surface area contributed by atoms with Crippen LogP contribution in [0.4, 0.5) is 26.3 Å². The second-order valence-electron chi connectivity index (χ2n) is 4.91. The molecule has 25 heavy (non-hydrogen) atoms. The first-order chi connectivity index (χ1) is 11.5. The molecule has 0 saturated carbocycles. The topological polar surface area (TPSA) is 29.5 Å². The Balaban J connectivity index is 3.02. The fourth-order valence-electron chi connectivity index (χ4n) is 1.84. The Labute approximate surface area is 140 Å². The first kappa shape index (κ1) is 20.6. The second kappa shape index (κ2) is 8.09. The van der Waals surface area contributed by atoms with Crippen LogP contribution in [0.15, 0.2) is 43.5 Å². The van der Waals surface area contributed by atoms with Crippen molar-refractivity contribution in [3.8, 4) is 5.75 Å². The minimum Gasteiger partial charge on any atom is -0.484 e. The molecule has 0 aliphatic rings. The molecule has 0 spiro atoms. The van der Waals surface area contributed by atoms with Crippen molar-refractivity contribution in [3.05, 3.63) is 54.6 Å². The molecule has 0 atom stereocenters. The highest BCUT2D eigenvalue weighted by atomic mass is 19.4. The molecule has 0 bridgehead atoms. The average Bonchev–Trinajstić information content (AvgIpc) is 2.50. The minimum absolute atomic E-state index is 0.0174. The van der Waals surface area contributed by atoms with Crippen molar-refractivity contribution in [1.82, 2.24) is 4.90 Å². The molecule has 0 radical (unpaired) electrons. The van der Waals surface area contributed by atoms with Gasteiger partial charge >= 0.3 is 12.4 Å². The van der Waals surface area contributed by atoms with Gasteiger partial charge in [-0.05, 0) is 18.2 Å². The lowest BCUT2D eigenvalue weighted by Crippen LogP contribution is -2.35. The summed E-state index contributed by atoms with van der Waals surface area (Å²) in [5, 5.41) is 0. The van der Waals surface area contributed by atoms with Gasteiger partial charge in [0.2, 0.25) is 0 Å². The van der Waals surface area contributed by atoms with Crippen molar-refractivity contribution < 1.29 is 35.9 Å². The van der Waals surface area contributed by atoms with E-state index in [4.69, 9.17) is 4.74 Å². The van der Waals surface area contributed by atoms with E-state index in [1.54, 1.807) is 0 Å². The molecule has 0 aliphatic carbocycles. The van der Waals surface area contributed by atoms with Crippen molar-refractivity contribution in [3.63, 3.8) is 0 Å². The quantitative estimate of drug-likeness (QED) is 0.531. The first-order valence-electron chi connectivity index (χ1n) is 6.91. The van der Waals surface area contributed by atoms with Gasteiger partial charge in [-0.1, -0.05) is 12.2 Å². The average molecular weight is 367 g/mol. The van der Waals surface area contributed by atoms with Gasteiger partial charge in [-0.25, -0.2) is 0 Å². The first-order valence-corrected chi connectivity index (χ1v) is 6.91. The van der Waals surface area contributed by atoms with E-state index in [0.29, 0.717) is 12.1 Å². The van der Waals surface area contributed by atoms with Gasteiger partial charge in [0.05, 0.1) is 11.1 Å². The van der Waals surface area contributed by atoms with Gasteiger partial charge in [0.15, 0.2) is 6.61 Å². The number of amides is 1. The van der Waals surface area contributed by atoms with Crippen LogP contribution in [0.1, 0.15) is 11.1 Å². The van der Waals surface area contributed by atoms with E-state index in [1.165, 1.54) is 17.1 Å². The molecule has 0 saturated heterocycles. The number of hydrogen-bond donors (Lipinski definition) is 0. The number of halogens is 6. The Morgan fingerprint density at radius 2 is 1.40 bits per heavy atom. The summed E-state index contributed by atoms with van der Waals surface area (Å²) in [6.45, 7) is 6.42. The Morgan fingerprint density at radius 1 is 0.960 bits per heavy atom. The maximum Gasteiger partial charge on any atom is 0.416 e. The highest BCUT2D eigenvalue weighted by Crippen LogP contribution is 2.38. The number of rotatable bonds is 7. The number of ether oxygens (including phenoxy) is 1. The van der Waals surface area contributed by atoms with Gasteiger partial charge in [0.1, 0.15) is 5.75 Å². The molecule has 0 aliphatic heterocycles. The maximum atomic E-state index is 12.7. The summed E-state index contributed by atoms with van der Waals surface area (Å²) in [5.74, 6) is -1.33. The zero-order valence-electron chi connectivity index (χ0n) is 13.0. The zero-order chi connectivity index (χ0) is 19.3. The summed E-state index contributed by atoms with van der Waals surface area (Å²) < 4.78 is 81.3. The molecule has 0 heterocycles. The smallest absolute Gasteiger partial charge is 0.416 e. The standard InChI is InChI=1S/C16H15F6NO2/c1-3-5-23(6-4-2)14(24)10-25-13-8-11(15(17,18)19)7-12(9-13)16(20,21)22/h3-4,7-9H,1-2,5-6,10H2. The van der Waals surface area contributed by atoms with Crippen LogP contribution < -0.4 is 4.74 Å². The summed E-state index contributed by atoms with van der Waals surface area (Å²) in [6, 6.07) is 0.804. The molecular weight excluding hydrogens is 352 g/mol. The lowest BCUT2D eigenvalue weighted by atomic mass is 10.1. The molecule has 1 aromatic carbocycles. The van der Waals surface area contributed by atoms with Crippen LogP contribution in [0.3, 0.4) is 0 Å². The minimum atomic E-state index is -4.99. The molecular formula is C16H15F6NO2. The molecule has 1 amide bonds. The van der Waals surface area contributed by atoms with Crippen LogP contribution in [0.5, 0.6) is 5.75 Å². The van der Waals surface area contributed by atoms with Crippen LogP contribution in [-0.4, -0.2) is 30.5 Å². The van der Waals surface area contributed by atoms with Crippen LogP contribution in [0.25, 0.3) is 0 Å². The van der Waals surface area contributed by atoms with E-state index in [0.717, 1.165) is 0 Å². The van der Waals surface area contributed by atoms with Gasteiger partial charge < -0.3 is 9.64 Å². The highest BCUT2D eigenvalue weighted by Gasteiger charge is 2.37. The Hall–Kier alpha value is -2.45. The summed E-state index contributed by atoms with van der Waals surface area (Å²) in [7, 11) is 0. The van der Waals surface area contributed by atoms with Crippen molar-refractivity contribution in [1.29, 1.82) is 0 Å². The third-order valence-corrected chi connectivity index (χ3v) is 2.98. The van der Waals surface area contributed by atoms with E-state index in [-0.39, 0.29) is 19.2 Å². The van der Waals surface area contributed by atoms with Gasteiger partial charge in [0.25, 0.3) is 5.91 Å². The van der Waals surface area contributed by atoms with Gasteiger partial charge in [0, 0.05) is 13.1 Å². The maximum absolute atomic E-state index is 12.7. The summed E-state index contributed by atoms with van der Waals surface area (Å²) in [4.78, 5) is 13.1. The predicted molar refractivity (Wildman–Crippen MR) is 78.9 cm³/mol. The van der Waals surface area contributed by atoms with Crippen molar-refractivity contribution in [2.24, 2.45) is 0 Å². The molecule has 0 aromatic heterocycles. The van der Waals surface area contributed by atoms with E-state index in [2.05, 4.69) is 13.2 Å². The third kappa shape index (κ3) is 6.17. The van der Waals surface area contributed by atoms with Crippen LogP contribution in [-0.2, 0) is 17.1 Å². The molecule has 0 N–H and O–H groups in total. The van der Waals surface area contributed by atoms with Gasteiger partial charge in [-0.3, -0.25) is 4.79 Å². The summed E-state index contributed by atoms with van der Waals surface area (Å²) >= 11 is 0. The van der Waals surface area contributed by atoms with Crippen molar-refractivity contribution in [2.75, 3.05) is 19.7 Å². The summed E-state index contributed by atoms with van der Waals surface area (Å²) in [5.41, 5.74) is -3.03. The molecule has 1 rings (SSSR count). The fraction of sp³-hybridized carbons (Fsp3) is 0.312. The second-order valence-corrected chi connectivity index (χ2v) is 4.91. The Kier molecular flexibility index (Phi) is 6.66. The van der Waals surface area contributed by atoms with Crippen LogP contribution in [0.2, 0.25) is 0 Å². The van der Waals surface area contributed by atoms with E-state index in [1.807, 2.05) is 0 Å². The van der Waals surface area contributed by atoms with Crippen molar-refractivity contribution in [2.45, 2.75) is 12.4 Å². The SMILES string of the molecule is C=CCN(CC=C)C(=O)COc1cc(C(F)(F)F)cc(C(F)(F)F)c1. The molecule has 0 unspecified atom stereocenters. The molecule has 0 fully saturated rings. The van der Waals surface area contributed by atoms with E-state index in [9.17, 15) is 31.1 Å². The largest absolute Gasteiger partial charge is 0.484 e. The summed E-state index contributed by atoms with van der Waals surface area (Å²) in [6.07, 6.45) is -7.15. The zero-order valence-corrected chi connectivity index (χ0v) is 13.0. The molecule has 138 valence electrons. The van der Waals surface area contributed by atoms with Gasteiger partial charge in [-0.2, -0.15) is 26.3 Å². The van der Waals surface area contributed by atoms with E-state index >= 15 is 0 Å². The van der Waals surface area contributed by atoms with Crippen LogP contribution >= 0.6 is 0 Å². The van der Waals surface area contributed by atoms with Crippen molar-refractivity contribution >= 4 is 5.91 Å². The lowest BCUT2D eigenvalue weighted by Gasteiger charge is -2.20. The Morgan fingerprint density at radius 3 is 1.76 bits per heavy atom. The molecule has 3 nitrogen and oxygen atoms in total. The number of nitrogens with zero attached hydrogens (tertiary/aromatic N) is 1. The predicted octanol–water partition coefficient (Wildman–Crippen LogP) is 4.30. The number of hydrogen-bond acceptors (Lipinski definition) is 2. The van der Waals surface area contributed by atoms with Crippen LogP contribution in [0, 0.1) is 0 Å². The van der Waals surface area contributed by atoms with Gasteiger partial charge in [-0.15, -0.1) is 13.2 Å². The van der Waals surface area contributed by atoms with E-state index < -0.39 is 41.7 Å². The normalized spacial score (nSPS) is 11.8. The number of benzene rings is 1. The number of carbonyl (C=O) groups excluding carboxylic acids is 1. The lowest BCUT2D eigenvalue weighted by molar-refractivity contribution is -0.143. The molecule has 9 heteroatoms. The number of carbonyl (C=O) groups is 1. The third-order valence-electron chi connectivity index (χ3n) is 2.98. The fourth-order valence-corrected chi connectivity index (χ4v) is 1.84. The highest BCUT2D eigenvalue weighted by molar-refractivity contribution is 5.78. The monoisotopic (exact) mass is 367 g/mol. The molecule has 1 aromatic rings.